The van der Waals surface area contributed by atoms with Gasteiger partial charge in [-0.3, -0.25) is 9.20 Å². The van der Waals surface area contributed by atoms with Crippen LogP contribution in [0.1, 0.15) is 10.5 Å². The summed E-state index contributed by atoms with van der Waals surface area (Å²) in [5.41, 5.74) is 5.57. The van der Waals surface area contributed by atoms with E-state index in [1.54, 1.807) is 23.0 Å². The molecule has 0 atom stereocenters. The molecule has 0 radical (unpaired) electrons. The van der Waals surface area contributed by atoms with Crippen LogP contribution in [0, 0.1) is 0 Å². The maximum absolute atomic E-state index is 11.2. The molecule has 72 valence electrons. The number of carbonyl (C=O) groups excluding carboxylic acids is 1. The normalized spacial score (nSPS) is 10.7. The number of nitrogens with two attached hydrogens (primary N) is 1. The summed E-state index contributed by atoms with van der Waals surface area (Å²) in [5, 5.41) is 0. The summed E-state index contributed by atoms with van der Waals surface area (Å²) in [6.45, 7) is -0.0367. The number of ketones is 1. The Morgan fingerprint density at radius 1 is 1.57 bits per heavy atom. The van der Waals surface area contributed by atoms with Crippen LogP contribution in [-0.4, -0.2) is 26.7 Å². The van der Waals surface area contributed by atoms with Gasteiger partial charge in [-0.05, 0) is 15.9 Å². The van der Waals surface area contributed by atoms with E-state index in [1.165, 1.54) is 0 Å². The SMILES string of the molecule is NCC(=O)c1cn2cc(Br)cnc2n1. The third-order valence-electron chi connectivity index (χ3n) is 1.75. The zero-order valence-electron chi connectivity index (χ0n) is 7.14. The van der Waals surface area contributed by atoms with Crippen LogP contribution in [-0.2, 0) is 0 Å². The van der Waals surface area contributed by atoms with E-state index in [4.69, 9.17) is 5.73 Å². The number of Topliss-reactive ketones (excluding diaryl/α,β-unsaturated/α-hetero) is 1. The lowest BCUT2D eigenvalue weighted by atomic mass is 10.3. The highest BCUT2D eigenvalue weighted by atomic mass is 79.9. The number of rotatable bonds is 2. The van der Waals surface area contributed by atoms with Crippen LogP contribution in [0.25, 0.3) is 5.78 Å². The number of hydrogen-bond acceptors (Lipinski definition) is 4. The first kappa shape index (κ1) is 9.29. The van der Waals surface area contributed by atoms with Gasteiger partial charge in [0.2, 0.25) is 5.78 Å². The Hall–Kier alpha value is -1.27. The topological polar surface area (TPSA) is 73.3 Å². The van der Waals surface area contributed by atoms with Crippen molar-refractivity contribution in [1.82, 2.24) is 14.4 Å². The number of nitrogens with zero attached hydrogens (tertiary/aromatic N) is 3. The minimum absolute atomic E-state index is 0.0367. The molecule has 0 spiro atoms. The highest BCUT2D eigenvalue weighted by Crippen LogP contribution is 2.09. The quantitative estimate of drug-likeness (QED) is 0.799. The van der Waals surface area contributed by atoms with Gasteiger partial charge in [-0.25, -0.2) is 9.97 Å². The lowest BCUT2D eigenvalue weighted by Crippen LogP contribution is -2.13. The number of carbonyl (C=O) groups is 1. The van der Waals surface area contributed by atoms with Crippen molar-refractivity contribution in [2.24, 2.45) is 5.73 Å². The molecule has 5 nitrogen and oxygen atoms in total. The fourth-order valence-electron chi connectivity index (χ4n) is 1.10. The third kappa shape index (κ3) is 1.53. The molecule has 2 aromatic rings. The van der Waals surface area contributed by atoms with Gasteiger partial charge in [0.25, 0.3) is 0 Å². The van der Waals surface area contributed by atoms with E-state index in [2.05, 4.69) is 25.9 Å². The second-order valence-electron chi connectivity index (χ2n) is 2.73. The maximum Gasteiger partial charge on any atom is 0.234 e. The maximum atomic E-state index is 11.2. The molecule has 0 fully saturated rings. The van der Waals surface area contributed by atoms with Crippen molar-refractivity contribution in [3.63, 3.8) is 0 Å². The van der Waals surface area contributed by atoms with E-state index in [-0.39, 0.29) is 12.3 Å². The molecular weight excluding hydrogens is 248 g/mol. The first-order chi connectivity index (χ1) is 6.70. The third-order valence-corrected chi connectivity index (χ3v) is 2.16. The van der Waals surface area contributed by atoms with Crippen LogP contribution in [0.5, 0.6) is 0 Å². The molecule has 0 amide bonds. The fourth-order valence-corrected chi connectivity index (χ4v) is 1.42. The van der Waals surface area contributed by atoms with E-state index in [0.29, 0.717) is 11.5 Å². The van der Waals surface area contributed by atoms with Gasteiger partial charge in [0.05, 0.1) is 11.0 Å². The van der Waals surface area contributed by atoms with Gasteiger partial charge in [-0.2, -0.15) is 0 Å². The molecular formula is C8H7BrN4O. The Labute approximate surface area is 88.1 Å². The van der Waals surface area contributed by atoms with E-state index in [1.807, 2.05) is 0 Å². The van der Waals surface area contributed by atoms with E-state index < -0.39 is 0 Å². The molecule has 6 heteroatoms. The summed E-state index contributed by atoms with van der Waals surface area (Å²) in [6.07, 6.45) is 5.02. The molecule has 2 rings (SSSR count). The van der Waals surface area contributed by atoms with Gasteiger partial charge in [0.1, 0.15) is 5.69 Å². The van der Waals surface area contributed by atoms with Crippen molar-refractivity contribution in [3.8, 4) is 0 Å². The van der Waals surface area contributed by atoms with Gasteiger partial charge in [0.15, 0.2) is 5.78 Å². The van der Waals surface area contributed by atoms with Crippen LogP contribution >= 0.6 is 15.9 Å². The van der Waals surface area contributed by atoms with Gasteiger partial charge in [-0.15, -0.1) is 0 Å². The van der Waals surface area contributed by atoms with E-state index in [9.17, 15) is 4.79 Å². The van der Waals surface area contributed by atoms with Gasteiger partial charge in [-0.1, -0.05) is 0 Å². The van der Waals surface area contributed by atoms with Crippen molar-refractivity contribution in [1.29, 1.82) is 0 Å². The van der Waals surface area contributed by atoms with E-state index >= 15 is 0 Å². The summed E-state index contributed by atoms with van der Waals surface area (Å²) < 4.78 is 2.50. The number of aromatic nitrogens is 3. The molecule has 2 aromatic heterocycles. The second-order valence-corrected chi connectivity index (χ2v) is 3.65. The molecule has 2 N–H and O–H groups in total. The summed E-state index contributed by atoms with van der Waals surface area (Å²) >= 11 is 3.28. The van der Waals surface area contributed by atoms with Crippen LogP contribution < -0.4 is 5.73 Å². The Morgan fingerprint density at radius 3 is 3.07 bits per heavy atom. The Bertz CT molecular complexity index is 493. The van der Waals surface area contributed by atoms with Crippen molar-refractivity contribution in [2.75, 3.05) is 6.54 Å². The lowest BCUT2D eigenvalue weighted by Gasteiger charge is -1.90. The average molecular weight is 255 g/mol. The zero-order chi connectivity index (χ0) is 10.1. The minimum Gasteiger partial charge on any atom is -0.324 e. The minimum atomic E-state index is -0.188. The Kier molecular flexibility index (Phi) is 2.30. The highest BCUT2D eigenvalue weighted by molar-refractivity contribution is 9.10. The average Bonchev–Trinajstić information content (AvgIpc) is 2.59. The predicted molar refractivity (Wildman–Crippen MR) is 54.1 cm³/mol. The Morgan fingerprint density at radius 2 is 2.36 bits per heavy atom. The van der Waals surface area contributed by atoms with E-state index in [0.717, 1.165) is 4.47 Å². The molecule has 0 aliphatic heterocycles. The fraction of sp³-hybridized carbons (Fsp3) is 0.125. The van der Waals surface area contributed by atoms with Gasteiger partial charge >= 0.3 is 0 Å². The van der Waals surface area contributed by atoms with Crippen LogP contribution in [0.2, 0.25) is 0 Å². The molecule has 0 saturated heterocycles. The first-order valence-electron chi connectivity index (χ1n) is 3.94. The lowest BCUT2D eigenvalue weighted by molar-refractivity contribution is 0.0997. The molecule has 0 bridgehead atoms. The Balaban J connectivity index is 2.56. The van der Waals surface area contributed by atoms with Crippen molar-refractivity contribution in [2.45, 2.75) is 0 Å². The summed E-state index contributed by atoms with van der Waals surface area (Å²) in [6, 6.07) is 0. The molecule has 0 aliphatic carbocycles. The molecule has 14 heavy (non-hydrogen) atoms. The highest BCUT2D eigenvalue weighted by Gasteiger charge is 2.09. The van der Waals surface area contributed by atoms with Crippen LogP contribution in [0.4, 0.5) is 0 Å². The van der Waals surface area contributed by atoms with Gasteiger partial charge < -0.3 is 5.73 Å². The summed E-state index contributed by atoms with van der Waals surface area (Å²) in [4.78, 5) is 19.3. The largest absolute Gasteiger partial charge is 0.324 e. The molecule has 0 aromatic carbocycles. The predicted octanol–water partition coefficient (Wildman–Crippen LogP) is 0.633. The number of imidazole rings is 1. The van der Waals surface area contributed by atoms with Gasteiger partial charge in [0, 0.05) is 18.6 Å². The number of fused-ring (bicyclic) bond motifs is 1. The molecule has 0 aliphatic rings. The van der Waals surface area contributed by atoms with Crippen LogP contribution in [0.3, 0.4) is 0 Å². The summed E-state index contributed by atoms with van der Waals surface area (Å²) in [7, 11) is 0. The number of halogens is 1. The van der Waals surface area contributed by atoms with Crippen LogP contribution in [0.15, 0.2) is 23.1 Å². The molecule has 0 saturated carbocycles. The number of hydrogen-bond donors (Lipinski definition) is 1. The smallest absolute Gasteiger partial charge is 0.234 e. The van der Waals surface area contributed by atoms with Crippen molar-refractivity contribution in [3.05, 3.63) is 28.8 Å². The standard InChI is InChI=1S/C8H7BrN4O/c9-5-2-11-8-12-6(7(14)1-10)4-13(8)3-5/h2-4H,1,10H2. The monoisotopic (exact) mass is 254 g/mol. The summed E-state index contributed by atoms with van der Waals surface area (Å²) in [5.74, 6) is 0.302. The van der Waals surface area contributed by atoms with Crippen molar-refractivity contribution < 1.29 is 4.79 Å². The molecule has 2 heterocycles. The second kappa shape index (κ2) is 3.47. The first-order valence-corrected chi connectivity index (χ1v) is 4.73. The zero-order valence-corrected chi connectivity index (χ0v) is 8.73. The molecule has 0 unspecified atom stereocenters. The van der Waals surface area contributed by atoms with Crippen molar-refractivity contribution >= 4 is 27.5 Å².